The van der Waals surface area contributed by atoms with Crippen LogP contribution in [0.2, 0.25) is 0 Å². The second-order valence-corrected chi connectivity index (χ2v) is 4.49. The van der Waals surface area contributed by atoms with Crippen LogP contribution in [0.5, 0.6) is 0 Å². The van der Waals surface area contributed by atoms with Gasteiger partial charge in [0.25, 0.3) is 0 Å². The highest BCUT2D eigenvalue weighted by molar-refractivity contribution is 7.09. The predicted octanol–water partition coefficient (Wildman–Crippen LogP) is 0.433. The van der Waals surface area contributed by atoms with Gasteiger partial charge in [-0.05, 0) is 13.8 Å². The molecule has 0 spiro atoms. The summed E-state index contributed by atoms with van der Waals surface area (Å²) < 4.78 is 9.63. The molecular weight excluding hydrogens is 214 g/mol. The van der Waals surface area contributed by atoms with Gasteiger partial charge in [-0.2, -0.15) is 4.37 Å². The normalized spacial score (nSPS) is 27.0. The molecule has 1 fully saturated rings. The van der Waals surface area contributed by atoms with Crippen molar-refractivity contribution < 1.29 is 9.84 Å². The van der Waals surface area contributed by atoms with Crippen LogP contribution in [0, 0.1) is 6.92 Å². The van der Waals surface area contributed by atoms with Crippen LogP contribution in [0.3, 0.4) is 0 Å². The molecule has 6 heteroatoms. The zero-order valence-corrected chi connectivity index (χ0v) is 9.70. The molecule has 2 unspecified atom stereocenters. The van der Waals surface area contributed by atoms with E-state index < -0.39 is 0 Å². The molecule has 2 atom stereocenters. The lowest BCUT2D eigenvalue weighted by atomic mass is 10.2. The van der Waals surface area contributed by atoms with Crippen molar-refractivity contribution in [2.75, 3.05) is 24.7 Å². The monoisotopic (exact) mass is 229 g/mol. The van der Waals surface area contributed by atoms with Gasteiger partial charge in [-0.3, -0.25) is 0 Å². The molecule has 1 aliphatic heterocycles. The molecule has 2 rings (SSSR count). The van der Waals surface area contributed by atoms with Crippen LogP contribution < -0.4 is 4.90 Å². The molecule has 5 nitrogen and oxygen atoms in total. The maximum Gasteiger partial charge on any atom is 0.205 e. The number of morpholine rings is 1. The SMILES string of the molecule is Cc1nsc(N2CC(CO)OCC2C)n1. The predicted molar refractivity (Wildman–Crippen MR) is 58.3 cm³/mol. The number of aliphatic hydroxyl groups is 1. The van der Waals surface area contributed by atoms with Crippen LogP contribution >= 0.6 is 11.5 Å². The molecule has 0 aromatic carbocycles. The fraction of sp³-hybridized carbons (Fsp3) is 0.778. The van der Waals surface area contributed by atoms with Crippen LogP contribution in [-0.4, -0.2) is 46.4 Å². The number of aryl methyl sites for hydroxylation is 1. The minimum Gasteiger partial charge on any atom is -0.394 e. The van der Waals surface area contributed by atoms with Crippen molar-refractivity contribution in [1.29, 1.82) is 0 Å². The van der Waals surface area contributed by atoms with E-state index in [4.69, 9.17) is 9.84 Å². The van der Waals surface area contributed by atoms with E-state index >= 15 is 0 Å². The summed E-state index contributed by atoms with van der Waals surface area (Å²) in [7, 11) is 0. The molecular formula is C9H15N3O2S. The third-order valence-corrected chi connectivity index (χ3v) is 3.32. The highest BCUT2D eigenvalue weighted by atomic mass is 32.1. The van der Waals surface area contributed by atoms with Gasteiger partial charge in [0.1, 0.15) is 5.82 Å². The number of hydrogen-bond acceptors (Lipinski definition) is 6. The summed E-state index contributed by atoms with van der Waals surface area (Å²) in [5.41, 5.74) is 0. The van der Waals surface area contributed by atoms with Crippen LogP contribution in [0.1, 0.15) is 12.7 Å². The van der Waals surface area contributed by atoms with Gasteiger partial charge in [0.05, 0.1) is 25.4 Å². The minimum absolute atomic E-state index is 0.0566. The van der Waals surface area contributed by atoms with Crippen molar-refractivity contribution in [3.8, 4) is 0 Å². The molecule has 0 aliphatic carbocycles. The van der Waals surface area contributed by atoms with Gasteiger partial charge in [0, 0.05) is 18.1 Å². The standard InChI is InChI=1S/C9H15N3O2S/c1-6-5-14-8(4-13)3-12(6)9-10-7(2)11-15-9/h6,8,13H,3-5H2,1-2H3. The highest BCUT2D eigenvalue weighted by Crippen LogP contribution is 2.23. The minimum atomic E-state index is -0.106. The molecule has 0 bridgehead atoms. The van der Waals surface area contributed by atoms with E-state index in [1.54, 1.807) is 0 Å². The first-order valence-corrected chi connectivity index (χ1v) is 5.77. The summed E-state index contributed by atoms with van der Waals surface area (Å²) in [6, 6.07) is 0.292. The first kappa shape index (κ1) is 10.8. The lowest BCUT2D eigenvalue weighted by molar-refractivity contribution is -0.0103. The molecule has 1 aromatic rings. The number of ether oxygens (including phenoxy) is 1. The third kappa shape index (κ3) is 2.27. The summed E-state index contributed by atoms with van der Waals surface area (Å²) in [6.45, 7) is 5.34. The van der Waals surface area contributed by atoms with Gasteiger partial charge in [0.2, 0.25) is 5.13 Å². The fourth-order valence-electron chi connectivity index (χ4n) is 1.60. The van der Waals surface area contributed by atoms with Crippen molar-refractivity contribution >= 4 is 16.7 Å². The Kier molecular flexibility index (Phi) is 3.18. The molecule has 0 radical (unpaired) electrons. The van der Waals surface area contributed by atoms with Gasteiger partial charge in [-0.25, -0.2) is 4.98 Å². The number of rotatable bonds is 2. The molecule has 84 valence electrons. The Bertz CT molecular complexity index is 331. The van der Waals surface area contributed by atoms with Gasteiger partial charge in [-0.1, -0.05) is 0 Å². The lowest BCUT2D eigenvalue weighted by Gasteiger charge is -2.36. The lowest BCUT2D eigenvalue weighted by Crippen LogP contribution is -2.49. The van der Waals surface area contributed by atoms with Crippen molar-refractivity contribution in [3.05, 3.63) is 5.82 Å². The van der Waals surface area contributed by atoms with Crippen LogP contribution in [0.25, 0.3) is 0 Å². The molecule has 1 saturated heterocycles. The Morgan fingerprint density at radius 1 is 1.67 bits per heavy atom. The summed E-state index contributed by atoms with van der Waals surface area (Å²) in [6.07, 6.45) is -0.106. The van der Waals surface area contributed by atoms with E-state index in [0.29, 0.717) is 19.2 Å². The largest absolute Gasteiger partial charge is 0.394 e. The van der Waals surface area contributed by atoms with Crippen molar-refractivity contribution in [2.45, 2.75) is 26.0 Å². The molecule has 1 aliphatic rings. The Morgan fingerprint density at radius 3 is 3.07 bits per heavy atom. The van der Waals surface area contributed by atoms with Crippen LogP contribution in [0.4, 0.5) is 5.13 Å². The quantitative estimate of drug-likeness (QED) is 0.797. The Balaban J connectivity index is 2.12. The molecule has 2 heterocycles. The average Bonchev–Trinajstić information content (AvgIpc) is 2.65. The topological polar surface area (TPSA) is 58.5 Å². The van der Waals surface area contributed by atoms with Crippen molar-refractivity contribution in [3.63, 3.8) is 0 Å². The van der Waals surface area contributed by atoms with E-state index in [0.717, 1.165) is 11.0 Å². The number of aliphatic hydroxyl groups excluding tert-OH is 1. The molecule has 0 saturated carbocycles. The van der Waals surface area contributed by atoms with E-state index in [1.807, 2.05) is 6.92 Å². The Hall–Kier alpha value is -0.720. The maximum absolute atomic E-state index is 9.06. The average molecular weight is 229 g/mol. The zero-order valence-electron chi connectivity index (χ0n) is 8.88. The van der Waals surface area contributed by atoms with Crippen molar-refractivity contribution in [1.82, 2.24) is 9.36 Å². The van der Waals surface area contributed by atoms with Gasteiger partial charge >= 0.3 is 0 Å². The fourth-order valence-corrected chi connectivity index (χ4v) is 2.38. The Labute approximate surface area is 92.9 Å². The van der Waals surface area contributed by atoms with Crippen LogP contribution in [0.15, 0.2) is 0 Å². The first-order valence-electron chi connectivity index (χ1n) is 5.00. The molecule has 15 heavy (non-hydrogen) atoms. The number of hydrogen-bond donors (Lipinski definition) is 1. The smallest absolute Gasteiger partial charge is 0.205 e. The molecule has 0 amide bonds. The molecule has 1 N–H and O–H groups in total. The summed E-state index contributed by atoms with van der Waals surface area (Å²) in [4.78, 5) is 6.50. The van der Waals surface area contributed by atoms with Gasteiger partial charge < -0.3 is 14.7 Å². The first-order chi connectivity index (χ1) is 7.20. The van der Waals surface area contributed by atoms with E-state index in [1.165, 1.54) is 11.5 Å². The van der Waals surface area contributed by atoms with E-state index in [2.05, 4.69) is 21.2 Å². The second kappa shape index (κ2) is 4.42. The summed E-state index contributed by atoms with van der Waals surface area (Å²) in [5.74, 6) is 0.800. The highest BCUT2D eigenvalue weighted by Gasteiger charge is 2.27. The third-order valence-electron chi connectivity index (χ3n) is 2.47. The number of nitrogens with zero attached hydrogens (tertiary/aromatic N) is 3. The number of anilines is 1. The zero-order chi connectivity index (χ0) is 10.8. The number of aromatic nitrogens is 2. The summed E-state index contributed by atoms with van der Waals surface area (Å²) in [5, 5.41) is 9.98. The van der Waals surface area contributed by atoms with Gasteiger partial charge in [-0.15, -0.1) is 0 Å². The van der Waals surface area contributed by atoms with E-state index in [9.17, 15) is 0 Å². The second-order valence-electron chi connectivity index (χ2n) is 3.76. The van der Waals surface area contributed by atoms with Gasteiger partial charge in [0.15, 0.2) is 0 Å². The Morgan fingerprint density at radius 2 is 2.47 bits per heavy atom. The van der Waals surface area contributed by atoms with Crippen LogP contribution in [-0.2, 0) is 4.74 Å². The summed E-state index contributed by atoms with van der Waals surface area (Å²) >= 11 is 1.40. The van der Waals surface area contributed by atoms with Crippen molar-refractivity contribution in [2.24, 2.45) is 0 Å². The van der Waals surface area contributed by atoms with E-state index in [-0.39, 0.29) is 12.7 Å². The maximum atomic E-state index is 9.06. The molecule has 1 aromatic heterocycles.